The van der Waals surface area contributed by atoms with Crippen LogP contribution >= 0.6 is 22.7 Å². The van der Waals surface area contributed by atoms with Gasteiger partial charge >= 0.3 is 5.97 Å². The van der Waals surface area contributed by atoms with Crippen LogP contribution in [0.2, 0.25) is 0 Å². The van der Waals surface area contributed by atoms with Crippen molar-refractivity contribution in [2.45, 2.75) is 36.0 Å². The summed E-state index contributed by atoms with van der Waals surface area (Å²) in [6.45, 7) is 0.350. The summed E-state index contributed by atoms with van der Waals surface area (Å²) in [5.41, 5.74) is 1.06. The summed E-state index contributed by atoms with van der Waals surface area (Å²) in [5.74, 6) is -0.626. The molecule has 0 spiro atoms. The van der Waals surface area contributed by atoms with Gasteiger partial charge in [-0.15, -0.1) is 11.3 Å². The van der Waals surface area contributed by atoms with Crippen LogP contribution in [-0.2, 0) is 20.2 Å². The van der Waals surface area contributed by atoms with Crippen molar-refractivity contribution in [3.63, 3.8) is 0 Å². The van der Waals surface area contributed by atoms with Crippen LogP contribution in [0.3, 0.4) is 0 Å². The SMILES string of the molecule is COC(=O)c1sccc1S(=O)(=O)NCC1(c2ccsc2)CCCC1. The van der Waals surface area contributed by atoms with Crippen LogP contribution in [0.4, 0.5) is 0 Å². The monoisotopic (exact) mass is 385 g/mol. The van der Waals surface area contributed by atoms with Crippen LogP contribution in [0, 0.1) is 0 Å². The Morgan fingerprint density at radius 3 is 2.67 bits per heavy atom. The Morgan fingerprint density at radius 1 is 1.29 bits per heavy atom. The lowest BCUT2D eigenvalue weighted by Crippen LogP contribution is -2.39. The number of thiophene rings is 2. The van der Waals surface area contributed by atoms with Crippen LogP contribution < -0.4 is 4.72 Å². The normalized spacial score (nSPS) is 17.0. The number of hydrogen-bond acceptors (Lipinski definition) is 6. The quantitative estimate of drug-likeness (QED) is 0.774. The summed E-state index contributed by atoms with van der Waals surface area (Å²) in [5, 5.41) is 5.72. The molecular formula is C16H19NO4S3. The minimum Gasteiger partial charge on any atom is -0.465 e. The van der Waals surface area contributed by atoms with Gasteiger partial charge < -0.3 is 4.74 Å². The third-order valence-electron chi connectivity index (χ3n) is 4.58. The lowest BCUT2D eigenvalue weighted by atomic mass is 9.81. The van der Waals surface area contributed by atoms with Crippen LogP contribution in [-0.4, -0.2) is 28.0 Å². The van der Waals surface area contributed by atoms with Gasteiger partial charge in [-0.05, 0) is 46.7 Å². The number of carbonyl (C=O) groups is 1. The van der Waals surface area contributed by atoms with Crippen LogP contribution in [0.1, 0.15) is 40.9 Å². The fourth-order valence-electron chi connectivity index (χ4n) is 3.25. The molecule has 0 aliphatic heterocycles. The summed E-state index contributed by atoms with van der Waals surface area (Å²) < 4.78 is 32.8. The maximum Gasteiger partial charge on any atom is 0.349 e. The van der Waals surface area contributed by atoms with Gasteiger partial charge in [0.2, 0.25) is 10.0 Å². The van der Waals surface area contributed by atoms with E-state index in [2.05, 4.69) is 20.9 Å². The maximum atomic E-state index is 12.7. The van der Waals surface area contributed by atoms with E-state index in [4.69, 9.17) is 0 Å². The summed E-state index contributed by atoms with van der Waals surface area (Å²) >= 11 is 2.70. The average Bonchev–Trinajstić information content (AvgIpc) is 3.33. The van der Waals surface area contributed by atoms with Gasteiger partial charge in [-0.3, -0.25) is 0 Å². The molecule has 0 amide bonds. The van der Waals surface area contributed by atoms with Gasteiger partial charge in [-0.2, -0.15) is 11.3 Å². The lowest BCUT2D eigenvalue weighted by Gasteiger charge is -2.28. The number of sulfonamides is 1. The molecule has 0 aromatic carbocycles. The predicted octanol–water partition coefficient (Wildman–Crippen LogP) is 3.39. The summed E-state index contributed by atoms with van der Waals surface area (Å²) in [6, 6.07) is 3.53. The van der Waals surface area contributed by atoms with Crippen molar-refractivity contribution in [3.05, 3.63) is 38.7 Å². The molecule has 0 unspecified atom stereocenters. The highest BCUT2D eigenvalue weighted by Gasteiger charge is 2.37. The molecule has 1 fully saturated rings. The molecule has 1 aliphatic carbocycles. The Hall–Kier alpha value is -1.22. The highest BCUT2D eigenvalue weighted by Crippen LogP contribution is 2.41. The highest BCUT2D eigenvalue weighted by atomic mass is 32.2. The first-order valence-electron chi connectivity index (χ1n) is 7.67. The second kappa shape index (κ2) is 6.95. The molecule has 0 bridgehead atoms. The fourth-order valence-corrected chi connectivity index (χ4v) is 6.49. The van der Waals surface area contributed by atoms with Crippen molar-refractivity contribution in [1.29, 1.82) is 0 Å². The van der Waals surface area contributed by atoms with E-state index >= 15 is 0 Å². The van der Waals surface area contributed by atoms with Gasteiger partial charge in [0.1, 0.15) is 9.77 Å². The van der Waals surface area contributed by atoms with E-state index in [0.29, 0.717) is 6.54 Å². The molecule has 8 heteroatoms. The van der Waals surface area contributed by atoms with Crippen LogP contribution in [0.15, 0.2) is 33.2 Å². The Morgan fingerprint density at radius 2 is 2.04 bits per heavy atom. The van der Waals surface area contributed by atoms with Crippen molar-refractivity contribution in [2.75, 3.05) is 13.7 Å². The minimum absolute atomic E-state index is 0.00202. The number of nitrogens with one attached hydrogen (secondary N) is 1. The number of methoxy groups -OCH3 is 1. The molecule has 2 aromatic heterocycles. The van der Waals surface area contributed by atoms with Gasteiger partial charge in [0.05, 0.1) is 7.11 Å². The third-order valence-corrected chi connectivity index (χ3v) is 7.73. The van der Waals surface area contributed by atoms with E-state index in [1.54, 1.807) is 16.7 Å². The second-order valence-electron chi connectivity index (χ2n) is 5.93. The molecular weight excluding hydrogens is 366 g/mol. The van der Waals surface area contributed by atoms with E-state index in [-0.39, 0.29) is 15.2 Å². The molecule has 0 atom stereocenters. The van der Waals surface area contributed by atoms with E-state index in [1.807, 2.05) is 5.38 Å². The zero-order valence-electron chi connectivity index (χ0n) is 13.3. The third kappa shape index (κ3) is 3.28. The van der Waals surface area contributed by atoms with Crippen molar-refractivity contribution in [3.8, 4) is 0 Å². The zero-order chi connectivity index (χ0) is 17.2. The topological polar surface area (TPSA) is 72.5 Å². The Bertz CT molecular complexity index is 802. The van der Waals surface area contributed by atoms with Gasteiger partial charge in [-0.1, -0.05) is 12.8 Å². The lowest BCUT2D eigenvalue weighted by molar-refractivity contribution is 0.0602. The van der Waals surface area contributed by atoms with E-state index in [0.717, 1.165) is 37.0 Å². The molecule has 2 aromatic rings. The summed E-state index contributed by atoms with van der Waals surface area (Å²) in [6.07, 6.45) is 4.15. The molecule has 24 heavy (non-hydrogen) atoms. The molecule has 5 nitrogen and oxygen atoms in total. The standard InChI is InChI=1S/C16H19NO4S3/c1-21-15(18)14-13(5-9-23-14)24(19,20)17-11-16(6-2-3-7-16)12-4-8-22-10-12/h4-5,8-10,17H,2-3,6-7,11H2,1H3. The Balaban J connectivity index is 1.83. The predicted molar refractivity (Wildman–Crippen MR) is 95.3 cm³/mol. The minimum atomic E-state index is -3.76. The summed E-state index contributed by atoms with van der Waals surface area (Å²) in [7, 11) is -2.51. The second-order valence-corrected chi connectivity index (χ2v) is 9.36. The van der Waals surface area contributed by atoms with Gasteiger partial charge in [-0.25, -0.2) is 17.9 Å². The fraction of sp³-hybridized carbons (Fsp3) is 0.438. The first-order chi connectivity index (χ1) is 11.5. The van der Waals surface area contributed by atoms with Gasteiger partial charge in [0.15, 0.2) is 0 Å². The van der Waals surface area contributed by atoms with Gasteiger partial charge in [0, 0.05) is 12.0 Å². The Kier molecular flexibility index (Phi) is 5.10. The zero-order valence-corrected chi connectivity index (χ0v) is 15.7. The van der Waals surface area contributed by atoms with E-state index < -0.39 is 16.0 Å². The van der Waals surface area contributed by atoms with Crippen molar-refractivity contribution >= 4 is 38.7 Å². The first kappa shape index (κ1) is 17.6. The smallest absolute Gasteiger partial charge is 0.349 e. The molecule has 130 valence electrons. The number of carbonyl (C=O) groups excluding carboxylic acids is 1. The first-order valence-corrected chi connectivity index (χ1v) is 11.0. The average molecular weight is 386 g/mol. The molecule has 1 aliphatic rings. The number of ether oxygens (including phenoxy) is 1. The number of esters is 1. The summed E-state index contributed by atoms with van der Waals surface area (Å²) in [4.78, 5) is 11.9. The van der Waals surface area contributed by atoms with Crippen molar-refractivity contribution in [1.82, 2.24) is 4.72 Å². The molecule has 0 radical (unpaired) electrons. The van der Waals surface area contributed by atoms with Crippen molar-refractivity contribution in [2.24, 2.45) is 0 Å². The molecule has 1 N–H and O–H groups in total. The molecule has 2 heterocycles. The highest BCUT2D eigenvalue weighted by molar-refractivity contribution is 7.89. The van der Waals surface area contributed by atoms with Crippen LogP contribution in [0.25, 0.3) is 0 Å². The molecule has 0 saturated heterocycles. The maximum absolute atomic E-state index is 12.7. The Labute approximate surface area is 149 Å². The van der Waals surface area contributed by atoms with Gasteiger partial charge in [0.25, 0.3) is 0 Å². The molecule has 3 rings (SSSR count). The number of rotatable bonds is 6. The van der Waals surface area contributed by atoms with Crippen LogP contribution in [0.5, 0.6) is 0 Å². The van der Waals surface area contributed by atoms with E-state index in [1.165, 1.54) is 18.7 Å². The largest absolute Gasteiger partial charge is 0.465 e. The number of hydrogen-bond donors (Lipinski definition) is 1. The van der Waals surface area contributed by atoms with E-state index in [9.17, 15) is 13.2 Å². The molecule has 1 saturated carbocycles. The van der Waals surface area contributed by atoms with Crippen molar-refractivity contribution < 1.29 is 17.9 Å².